The van der Waals surface area contributed by atoms with Crippen LogP contribution in [0.2, 0.25) is 0 Å². The molecule has 0 heterocycles. The van der Waals surface area contributed by atoms with Gasteiger partial charge in [0.15, 0.2) is 0 Å². The zero-order chi connectivity index (χ0) is 12.7. The summed E-state index contributed by atoms with van der Waals surface area (Å²) in [6.45, 7) is -0.0390. The maximum atomic E-state index is 9.64. The van der Waals surface area contributed by atoms with E-state index in [1.54, 1.807) is 11.8 Å². The molecule has 1 rings (SSSR count). The lowest BCUT2D eigenvalue weighted by Crippen LogP contribution is -2.35. The Morgan fingerprint density at radius 1 is 1.29 bits per heavy atom. The van der Waals surface area contributed by atoms with Crippen LogP contribution in [0, 0.1) is 0 Å². The third kappa shape index (κ3) is 3.98. The first-order chi connectivity index (χ1) is 8.18. The molecule has 17 heavy (non-hydrogen) atoms. The maximum Gasteiger partial charge on any atom is 0.0550 e. The number of hydrogen-bond acceptors (Lipinski definition) is 3. The highest BCUT2D eigenvalue weighted by molar-refractivity contribution is 9.10. The molecule has 0 aliphatic rings. The predicted molar refractivity (Wildman–Crippen MR) is 77.6 cm³/mol. The van der Waals surface area contributed by atoms with Gasteiger partial charge in [0, 0.05) is 9.89 Å². The largest absolute Gasteiger partial charge is 0.395 e. The normalized spacial score (nSPS) is 11.8. The van der Waals surface area contributed by atoms with E-state index in [-0.39, 0.29) is 13.2 Å². The molecule has 0 aromatic heterocycles. The average molecular weight is 319 g/mol. The molecule has 0 radical (unpaired) electrons. The summed E-state index contributed by atoms with van der Waals surface area (Å²) in [5.74, 6) is 1.05. The Kier molecular flexibility index (Phi) is 6.55. The number of rotatable bonds is 7. The van der Waals surface area contributed by atoms with Gasteiger partial charge in [-0.2, -0.15) is 11.8 Å². The van der Waals surface area contributed by atoms with Crippen molar-refractivity contribution in [2.45, 2.75) is 18.3 Å². The van der Waals surface area contributed by atoms with Crippen molar-refractivity contribution in [2.24, 2.45) is 0 Å². The quantitative estimate of drug-likeness (QED) is 0.759. The second-order valence-corrected chi connectivity index (χ2v) is 6.10. The van der Waals surface area contributed by atoms with E-state index in [1.807, 2.05) is 24.3 Å². The zero-order valence-electron chi connectivity index (χ0n) is 10.0. The van der Waals surface area contributed by atoms with Gasteiger partial charge in [-0.05, 0) is 42.5 Å². The van der Waals surface area contributed by atoms with Crippen LogP contribution in [0.5, 0.6) is 0 Å². The van der Waals surface area contributed by atoms with Crippen molar-refractivity contribution in [3.63, 3.8) is 0 Å². The Morgan fingerprint density at radius 2 is 2.00 bits per heavy atom. The standard InChI is InChI=1S/C13H19BrO2S/c1-17-7-3-6-13(9-15,10-16)11-4-2-5-12(14)8-11/h2,4-5,8,15-16H,3,6-7,9-10H2,1H3. The van der Waals surface area contributed by atoms with Crippen molar-refractivity contribution in [1.82, 2.24) is 0 Å². The smallest absolute Gasteiger partial charge is 0.0550 e. The van der Waals surface area contributed by atoms with Gasteiger partial charge in [-0.3, -0.25) is 0 Å². The van der Waals surface area contributed by atoms with Crippen molar-refractivity contribution in [3.05, 3.63) is 34.3 Å². The molecule has 0 fully saturated rings. The Bertz CT molecular complexity index is 340. The van der Waals surface area contributed by atoms with Crippen LogP contribution in [-0.4, -0.2) is 35.4 Å². The lowest BCUT2D eigenvalue weighted by Gasteiger charge is -2.30. The number of aliphatic hydroxyl groups excluding tert-OH is 2. The van der Waals surface area contributed by atoms with Crippen LogP contribution in [0.1, 0.15) is 18.4 Å². The van der Waals surface area contributed by atoms with E-state index < -0.39 is 5.41 Å². The van der Waals surface area contributed by atoms with Gasteiger partial charge < -0.3 is 10.2 Å². The Labute approximate surface area is 116 Å². The molecule has 0 spiro atoms. The van der Waals surface area contributed by atoms with Gasteiger partial charge in [0.05, 0.1) is 13.2 Å². The molecule has 2 nitrogen and oxygen atoms in total. The molecule has 4 heteroatoms. The predicted octanol–water partition coefficient (Wildman–Crippen LogP) is 2.81. The molecular weight excluding hydrogens is 300 g/mol. The van der Waals surface area contributed by atoms with Crippen LogP contribution in [0.4, 0.5) is 0 Å². The molecule has 0 saturated heterocycles. The molecule has 0 atom stereocenters. The third-order valence-corrected chi connectivity index (χ3v) is 4.24. The number of aliphatic hydroxyl groups is 2. The molecule has 0 amide bonds. The first kappa shape index (κ1) is 15.0. The van der Waals surface area contributed by atoms with Gasteiger partial charge in [0.2, 0.25) is 0 Å². The van der Waals surface area contributed by atoms with E-state index in [0.29, 0.717) is 0 Å². The maximum absolute atomic E-state index is 9.64. The average Bonchev–Trinajstić information content (AvgIpc) is 2.35. The summed E-state index contributed by atoms with van der Waals surface area (Å²) in [5.41, 5.74) is 0.484. The fraction of sp³-hybridized carbons (Fsp3) is 0.538. The fourth-order valence-electron chi connectivity index (χ4n) is 1.91. The Balaban J connectivity index is 2.89. The van der Waals surface area contributed by atoms with Crippen molar-refractivity contribution < 1.29 is 10.2 Å². The van der Waals surface area contributed by atoms with Crippen LogP contribution in [0.15, 0.2) is 28.7 Å². The van der Waals surface area contributed by atoms with Gasteiger partial charge >= 0.3 is 0 Å². The highest BCUT2D eigenvalue weighted by Gasteiger charge is 2.30. The minimum Gasteiger partial charge on any atom is -0.395 e. The molecule has 0 aliphatic heterocycles. The van der Waals surface area contributed by atoms with Crippen molar-refractivity contribution in [1.29, 1.82) is 0 Å². The highest BCUT2D eigenvalue weighted by Crippen LogP contribution is 2.31. The number of hydrogen-bond donors (Lipinski definition) is 2. The molecule has 96 valence electrons. The second kappa shape index (κ2) is 7.41. The molecule has 1 aromatic rings. The molecular formula is C13H19BrO2S. The minimum atomic E-state index is -0.514. The SMILES string of the molecule is CSCCCC(CO)(CO)c1cccc(Br)c1. The summed E-state index contributed by atoms with van der Waals surface area (Å²) >= 11 is 5.22. The molecule has 2 N–H and O–H groups in total. The summed E-state index contributed by atoms with van der Waals surface area (Å²) in [6.07, 6.45) is 3.87. The molecule has 1 aromatic carbocycles. The first-order valence-corrected chi connectivity index (χ1v) is 7.84. The molecule has 0 bridgehead atoms. The summed E-state index contributed by atoms with van der Waals surface area (Å²) in [7, 11) is 0. The molecule has 0 unspecified atom stereocenters. The van der Waals surface area contributed by atoms with E-state index in [1.165, 1.54) is 0 Å². The molecule has 0 saturated carbocycles. The van der Waals surface area contributed by atoms with Gasteiger partial charge in [-0.1, -0.05) is 28.1 Å². The van der Waals surface area contributed by atoms with Gasteiger partial charge in [-0.15, -0.1) is 0 Å². The number of benzene rings is 1. The second-order valence-electron chi connectivity index (χ2n) is 4.20. The minimum absolute atomic E-state index is 0.0195. The summed E-state index contributed by atoms with van der Waals surface area (Å²) < 4.78 is 0.978. The number of thioether (sulfide) groups is 1. The third-order valence-electron chi connectivity index (χ3n) is 3.05. The summed E-state index contributed by atoms with van der Waals surface area (Å²) in [4.78, 5) is 0. The summed E-state index contributed by atoms with van der Waals surface area (Å²) in [5, 5.41) is 19.3. The van der Waals surface area contributed by atoms with Crippen LogP contribution in [-0.2, 0) is 5.41 Å². The Hall–Kier alpha value is -0.0300. The van der Waals surface area contributed by atoms with E-state index >= 15 is 0 Å². The highest BCUT2D eigenvalue weighted by atomic mass is 79.9. The van der Waals surface area contributed by atoms with Gasteiger partial charge in [0.25, 0.3) is 0 Å². The van der Waals surface area contributed by atoms with Crippen molar-refractivity contribution in [2.75, 3.05) is 25.2 Å². The zero-order valence-corrected chi connectivity index (χ0v) is 12.4. The van der Waals surface area contributed by atoms with Crippen LogP contribution >= 0.6 is 27.7 Å². The van der Waals surface area contributed by atoms with Crippen LogP contribution in [0.3, 0.4) is 0 Å². The first-order valence-electron chi connectivity index (χ1n) is 5.65. The van der Waals surface area contributed by atoms with Crippen LogP contribution < -0.4 is 0 Å². The topological polar surface area (TPSA) is 40.5 Å². The van der Waals surface area contributed by atoms with Crippen LogP contribution in [0.25, 0.3) is 0 Å². The van der Waals surface area contributed by atoms with Crippen molar-refractivity contribution >= 4 is 27.7 Å². The fourth-order valence-corrected chi connectivity index (χ4v) is 2.74. The van der Waals surface area contributed by atoms with Crippen molar-refractivity contribution in [3.8, 4) is 0 Å². The van der Waals surface area contributed by atoms with E-state index in [0.717, 1.165) is 28.6 Å². The van der Waals surface area contributed by atoms with Gasteiger partial charge in [-0.25, -0.2) is 0 Å². The monoisotopic (exact) mass is 318 g/mol. The van der Waals surface area contributed by atoms with E-state index in [4.69, 9.17) is 0 Å². The van der Waals surface area contributed by atoms with Gasteiger partial charge in [0.1, 0.15) is 0 Å². The van der Waals surface area contributed by atoms with E-state index in [2.05, 4.69) is 22.2 Å². The lowest BCUT2D eigenvalue weighted by molar-refractivity contribution is 0.109. The Morgan fingerprint density at radius 3 is 2.53 bits per heavy atom. The lowest BCUT2D eigenvalue weighted by atomic mass is 9.78. The number of halogens is 1. The summed E-state index contributed by atoms with van der Waals surface area (Å²) in [6, 6.07) is 7.83. The molecule has 0 aliphatic carbocycles. The van der Waals surface area contributed by atoms with E-state index in [9.17, 15) is 10.2 Å².